The van der Waals surface area contributed by atoms with Crippen molar-refractivity contribution >= 4 is 29.3 Å². The second-order valence-corrected chi connectivity index (χ2v) is 6.51. The van der Waals surface area contributed by atoms with Gasteiger partial charge >= 0.3 is 0 Å². The van der Waals surface area contributed by atoms with Crippen molar-refractivity contribution in [3.8, 4) is 5.69 Å². The molecule has 0 unspecified atom stereocenters. The van der Waals surface area contributed by atoms with Crippen LogP contribution in [0.1, 0.15) is 20.7 Å². The molecule has 9 heteroatoms. The van der Waals surface area contributed by atoms with Gasteiger partial charge in [0.25, 0.3) is 17.5 Å². The van der Waals surface area contributed by atoms with Crippen molar-refractivity contribution in [3.05, 3.63) is 88.2 Å². The van der Waals surface area contributed by atoms with Crippen LogP contribution >= 0.6 is 11.8 Å². The molecule has 1 heterocycles. The number of hydrazine groups is 1. The molecular formula is C19H16N4O4S. The van der Waals surface area contributed by atoms with E-state index in [1.165, 1.54) is 30.0 Å². The third-order valence-corrected chi connectivity index (χ3v) is 4.74. The van der Waals surface area contributed by atoms with Gasteiger partial charge < -0.3 is 4.57 Å². The van der Waals surface area contributed by atoms with Crippen molar-refractivity contribution in [1.82, 2.24) is 15.4 Å². The minimum absolute atomic E-state index is 0.0727. The largest absolute Gasteiger partial charge is 0.323 e. The summed E-state index contributed by atoms with van der Waals surface area (Å²) < 4.78 is 1.78. The number of hydrogen-bond donors (Lipinski definition) is 2. The van der Waals surface area contributed by atoms with Gasteiger partial charge in [-0.05, 0) is 42.7 Å². The zero-order chi connectivity index (χ0) is 20.1. The first kappa shape index (κ1) is 19.2. The van der Waals surface area contributed by atoms with Gasteiger partial charge in [-0.15, -0.1) is 11.8 Å². The monoisotopic (exact) mass is 396 g/mol. The van der Waals surface area contributed by atoms with Crippen LogP contribution in [0.2, 0.25) is 0 Å². The maximum absolute atomic E-state index is 12.5. The highest BCUT2D eigenvalue weighted by Crippen LogP contribution is 2.28. The molecule has 0 radical (unpaired) electrons. The molecule has 0 spiro atoms. The van der Waals surface area contributed by atoms with Gasteiger partial charge in [0.05, 0.1) is 21.1 Å². The van der Waals surface area contributed by atoms with Crippen molar-refractivity contribution in [3.63, 3.8) is 0 Å². The third kappa shape index (κ3) is 4.04. The molecule has 0 saturated heterocycles. The maximum atomic E-state index is 12.5. The summed E-state index contributed by atoms with van der Waals surface area (Å²) >= 11 is 1.21. The third-order valence-electron chi connectivity index (χ3n) is 3.96. The Morgan fingerprint density at radius 2 is 1.68 bits per heavy atom. The summed E-state index contributed by atoms with van der Waals surface area (Å²) in [6.07, 6.45) is 5.32. The number of nitro groups is 1. The summed E-state index contributed by atoms with van der Waals surface area (Å²) in [4.78, 5) is 35.9. The van der Waals surface area contributed by atoms with Gasteiger partial charge in [-0.25, -0.2) is 0 Å². The van der Waals surface area contributed by atoms with E-state index < -0.39 is 16.7 Å². The van der Waals surface area contributed by atoms with Crippen molar-refractivity contribution in [1.29, 1.82) is 0 Å². The summed E-state index contributed by atoms with van der Waals surface area (Å²) in [6, 6.07) is 14.8. The van der Waals surface area contributed by atoms with Crippen LogP contribution in [0.15, 0.2) is 71.9 Å². The Balaban J connectivity index is 1.75. The molecule has 2 aromatic carbocycles. The molecule has 0 aliphatic carbocycles. The normalized spacial score (nSPS) is 10.3. The molecule has 3 rings (SSSR count). The number of amides is 2. The van der Waals surface area contributed by atoms with E-state index in [-0.39, 0.29) is 11.3 Å². The van der Waals surface area contributed by atoms with Crippen LogP contribution in [0, 0.1) is 10.1 Å². The number of carbonyl (C=O) groups excluding carboxylic acids is 2. The number of aromatic nitrogens is 1. The maximum Gasteiger partial charge on any atom is 0.283 e. The van der Waals surface area contributed by atoms with E-state index in [9.17, 15) is 19.7 Å². The standard InChI is InChI=1S/C19H16N4O4S/c1-28-17-9-8-13(12-16(17)23(26)27)18(24)20-21-19(25)14-6-2-3-7-15(14)22-10-4-5-11-22/h2-12H,1H3,(H,20,24)(H,21,25). The lowest BCUT2D eigenvalue weighted by Crippen LogP contribution is -2.42. The molecular weight excluding hydrogens is 380 g/mol. The molecule has 2 amide bonds. The fraction of sp³-hybridized carbons (Fsp3) is 0.0526. The summed E-state index contributed by atoms with van der Waals surface area (Å²) in [5.74, 6) is -1.16. The van der Waals surface area contributed by atoms with Crippen molar-refractivity contribution in [2.24, 2.45) is 0 Å². The Morgan fingerprint density at radius 1 is 1.00 bits per heavy atom. The number of nitrogens with one attached hydrogen (secondary N) is 2. The Kier molecular flexibility index (Phi) is 5.75. The highest BCUT2D eigenvalue weighted by Gasteiger charge is 2.18. The lowest BCUT2D eigenvalue weighted by Gasteiger charge is -2.12. The van der Waals surface area contributed by atoms with Crippen LogP contribution in [0.5, 0.6) is 0 Å². The van der Waals surface area contributed by atoms with Crippen LogP contribution in [-0.4, -0.2) is 27.6 Å². The van der Waals surface area contributed by atoms with E-state index in [4.69, 9.17) is 0 Å². The number of carbonyl (C=O) groups is 2. The summed E-state index contributed by atoms with van der Waals surface area (Å²) in [5, 5.41) is 11.1. The number of nitrogens with zero attached hydrogens (tertiary/aromatic N) is 2. The Labute approximate surface area is 164 Å². The van der Waals surface area contributed by atoms with Crippen molar-refractivity contribution in [2.75, 3.05) is 6.26 Å². The zero-order valence-corrected chi connectivity index (χ0v) is 15.6. The van der Waals surface area contributed by atoms with Crippen LogP contribution in [0.3, 0.4) is 0 Å². The molecule has 0 aliphatic heterocycles. The molecule has 1 aromatic heterocycles. The van der Waals surface area contributed by atoms with Gasteiger partial charge in [-0.1, -0.05) is 12.1 Å². The smallest absolute Gasteiger partial charge is 0.283 e. The molecule has 8 nitrogen and oxygen atoms in total. The minimum atomic E-state index is -0.650. The lowest BCUT2D eigenvalue weighted by atomic mass is 10.1. The van der Waals surface area contributed by atoms with Gasteiger partial charge in [-0.2, -0.15) is 0 Å². The zero-order valence-electron chi connectivity index (χ0n) is 14.8. The number of rotatable bonds is 5. The van der Waals surface area contributed by atoms with E-state index in [2.05, 4.69) is 10.9 Å². The highest BCUT2D eigenvalue weighted by atomic mass is 32.2. The van der Waals surface area contributed by atoms with Crippen LogP contribution < -0.4 is 10.9 Å². The molecule has 0 atom stereocenters. The van der Waals surface area contributed by atoms with Crippen molar-refractivity contribution in [2.45, 2.75) is 4.90 Å². The fourth-order valence-corrected chi connectivity index (χ4v) is 3.16. The molecule has 0 fully saturated rings. The molecule has 0 aliphatic rings. The number of nitro benzene ring substituents is 1. The first-order valence-electron chi connectivity index (χ1n) is 8.16. The number of para-hydroxylation sites is 1. The van der Waals surface area contributed by atoms with Gasteiger partial charge in [-0.3, -0.25) is 30.6 Å². The molecule has 0 bridgehead atoms. The van der Waals surface area contributed by atoms with Crippen LogP contribution in [-0.2, 0) is 0 Å². The first-order chi connectivity index (χ1) is 13.5. The predicted octanol–water partition coefficient (Wildman–Crippen LogP) is 3.18. The number of thioether (sulfide) groups is 1. The number of benzene rings is 2. The van der Waals surface area contributed by atoms with E-state index in [0.29, 0.717) is 16.1 Å². The second kappa shape index (κ2) is 8.40. The van der Waals surface area contributed by atoms with Crippen LogP contribution in [0.4, 0.5) is 5.69 Å². The molecule has 2 N–H and O–H groups in total. The Hall–Kier alpha value is -3.59. The molecule has 0 saturated carbocycles. The van der Waals surface area contributed by atoms with E-state index in [1.54, 1.807) is 47.5 Å². The lowest BCUT2D eigenvalue weighted by molar-refractivity contribution is -0.387. The topological polar surface area (TPSA) is 106 Å². The van der Waals surface area contributed by atoms with E-state index >= 15 is 0 Å². The van der Waals surface area contributed by atoms with Gasteiger partial charge in [0, 0.05) is 24.0 Å². The van der Waals surface area contributed by atoms with Crippen LogP contribution in [0.25, 0.3) is 5.69 Å². The molecule has 28 heavy (non-hydrogen) atoms. The second-order valence-electron chi connectivity index (χ2n) is 5.66. The number of hydrogen-bond acceptors (Lipinski definition) is 5. The summed E-state index contributed by atoms with van der Waals surface area (Å²) in [5.41, 5.74) is 5.57. The van der Waals surface area contributed by atoms with Gasteiger partial charge in [0.2, 0.25) is 0 Å². The highest BCUT2D eigenvalue weighted by molar-refractivity contribution is 7.98. The minimum Gasteiger partial charge on any atom is -0.323 e. The van der Waals surface area contributed by atoms with Crippen molar-refractivity contribution < 1.29 is 14.5 Å². The Bertz CT molecular complexity index is 1030. The summed E-state index contributed by atoms with van der Waals surface area (Å²) in [6.45, 7) is 0. The average Bonchev–Trinajstić information content (AvgIpc) is 3.26. The first-order valence-corrected chi connectivity index (χ1v) is 9.39. The van der Waals surface area contributed by atoms with Gasteiger partial charge in [0.1, 0.15) is 0 Å². The average molecular weight is 396 g/mol. The Morgan fingerprint density at radius 3 is 2.36 bits per heavy atom. The fourth-order valence-electron chi connectivity index (χ4n) is 2.61. The van der Waals surface area contributed by atoms with E-state index in [0.717, 1.165) is 0 Å². The van der Waals surface area contributed by atoms with E-state index in [1.807, 2.05) is 12.1 Å². The SMILES string of the molecule is CSc1ccc(C(=O)NNC(=O)c2ccccc2-n2cccc2)cc1[N+](=O)[O-]. The quantitative estimate of drug-likeness (QED) is 0.391. The molecule has 142 valence electrons. The summed E-state index contributed by atoms with van der Waals surface area (Å²) in [7, 11) is 0. The predicted molar refractivity (Wildman–Crippen MR) is 106 cm³/mol. The molecule has 3 aromatic rings. The van der Waals surface area contributed by atoms with Gasteiger partial charge in [0.15, 0.2) is 0 Å².